The summed E-state index contributed by atoms with van der Waals surface area (Å²) in [5.41, 5.74) is 6.40. The number of rotatable bonds is 0. The van der Waals surface area contributed by atoms with Gasteiger partial charge in [-0.25, -0.2) is 0 Å². The van der Waals surface area contributed by atoms with Gasteiger partial charge in [0.25, 0.3) is 0 Å². The van der Waals surface area contributed by atoms with Gasteiger partial charge in [0, 0.05) is 23.5 Å². The third kappa shape index (κ3) is 3.98. The maximum absolute atomic E-state index is 5.60. The molecule has 2 aromatic rings. The SMILES string of the molecule is CC.CC.Nc1ccc2cnccc2c1. The highest BCUT2D eigenvalue weighted by Crippen LogP contribution is 2.14. The van der Waals surface area contributed by atoms with Crippen LogP contribution in [0.5, 0.6) is 0 Å². The van der Waals surface area contributed by atoms with Crippen molar-refractivity contribution in [3.63, 3.8) is 0 Å². The average molecular weight is 204 g/mol. The molecule has 82 valence electrons. The van der Waals surface area contributed by atoms with Gasteiger partial charge < -0.3 is 5.73 Å². The fraction of sp³-hybridized carbons (Fsp3) is 0.308. The third-order valence-electron chi connectivity index (χ3n) is 1.66. The van der Waals surface area contributed by atoms with Crippen molar-refractivity contribution in [1.82, 2.24) is 4.98 Å². The van der Waals surface area contributed by atoms with Gasteiger partial charge in [0.15, 0.2) is 0 Å². The van der Waals surface area contributed by atoms with Crippen LogP contribution < -0.4 is 5.73 Å². The van der Waals surface area contributed by atoms with E-state index in [1.54, 1.807) is 6.20 Å². The molecule has 1 aromatic carbocycles. The molecule has 2 N–H and O–H groups in total. The third-order valence-corrected chi connectivity index (χ3v) is 1.66. The van der Waals surface area contributed by atoms with Crippen LogP contribution in [0.15, 0.2) is 36.7 Å². The number of anilines is 1. The molecule has 1 aromatic heterocycles. The molecule has 2 heteroatoms. The van der Waals surface area contributed by atoms with Crippen molar-refractivity contribution in [2.24, 2.45) is 0 Å². The van der Waals surface area contributed by atoms with Crippen LogP contribution in [0.2, 0.25) is 0 Å². The van der Waals surface area contributed by atoms with Crippen molar-refractivity contribution in [1.29, 1.82) is 0 Å². The second-order valence-electron chi connectivity index (χ2n) is 2.48. The van der Waals surface area contributed by atoms with Crippen molar-refractivity contribution in [3.8, 4) is 0 Å². The Morgan fingerprint density at radius 2 is 1.60 bits per heavy atom. The first-order valence-electron chi connectivity index (χ1n) is 5.45. The number of hydrogen-bond acceptors (Lipinski definition) is 2. The topological polar surface area (TPSA) is 38.9 Å². The first-order chi connectivity index (χ1) is 7.36. The summed E-state index contributed by atoms with van der Waals surface area (Å²) in [6.07, 6.45) is 3.59. The predicted molar refractivity (Wildman–Crippen MR) is 68.9 cm³/mol. The van der Waals surface area contributed by atoms with Crippen molar-refractivity contribution in [2.75, 3.05) is 5.73 Å². The summed E-state index contributed by atoms with van der Waals surface area (Å²) in [6.45, 7) is 8.00. The molecular formula is C13H20N2. The van der Waals surface area contributed by atoms with Gasteiger partial charge in [-0.2, -0.15) is 0 Å². The van der Waals surface area contributed by atoms with Crippen molar-refractivity contribution in [2.45, 2.75) is 27.7 Å². The van der Waals surface area contributed by atoms with Crippen LogP contribution in [-0.2, 0) is 0 Å². The minimum atomic E-state index is 0.795. The highest BCUT2D eigenvalue weighted by atomic mass is 14.6. The molecule has 2 rings (SSSR count). The molecule has 0 aliphatic heterocycles. The van der Waals surface area contributed by atoms with E-state index in [0.717, 1.165) is 16.5 Å². The second kappa shape index (κ2) is 7.80. The quantitative estimate of drug-likeness (QED) is 0.662. The number of benzene rings is 1. The molecule has 0 atom stereocenters. The molecule has 0 saturated heterocycles. The van der Waals surface area contributed by atoms with E-state index in [9.17, 15) is 0 Å². The highest BCUT2D eigenvalue weighted by molar-refractivity contribution is 5.84. The van der Waals surface area contributed by atoms with Crippen LogP contribution >= 0.6 is 0 Å². The monoisotopic (exact) mass is 204 g/mol. The van der Waals surface area contributed by atoms with E-state index in [0.29, 0.717) is 0 Å². The van der Waals surface area contributed by atoms with Crippen LogP contribution in [0.1, 0.15) is 27.7 Å². The Bertz CT molecular complexity index is 383. The molecular weight excluding hydrogens is 184 g/mol. The number of fused-ring (bicyclic) bond motifs is 1. The smallest absolute Gasteiger partial charge is 0.0346 e. The van der Waals surface area contributed by atoms with E-state index in [4.69, 9.17) is 5.73 Å². The van der Waals surface area contributed by atoms with Crippen LogP contribution in [0.3, 0.4) is 0 Å². The summed E-state index contributed by atoms with van der Waals surface area (Å²) in [7, 11) is 0. The van der Waals surface area contributed by atoms with E-state index in [2.05, 4.69) is 4.98 Å². The molecule has 0 radical (unpaired) electrons. The summed E-state index contributed by atoms with van der Waals surface area (Å²) in [6, 6.07) is 7.74. The van der Waals surface area contributed by atoms with Gasteiger partial charge in [0.2, 0.25) is 0 Å². The molecule has 1 heterocycles. The first-order valence-corrected chi connectivity index (χ1v) is 5.45. The number of nitrogens with two attached hydrogens (primary N) is 1. The van der Waals surface area contributed by atoms with Gasteiger partial charge in [0.1, 0.15) is 0 Å². The lowest BCUT2D eigenvalue weighted by atomic mass is 10.2. The zero-order valence-electron chi connectivity index (χ0n) is 9.99. The van der Waals surface area contributed by atoms with Crippen LogP contribution in [0.4, 0.5) is 5.69 Å². The maximum atomic E-state index is 5.60. The van der Waals surface area contributed by atoms with E-state index in [-0.39, 0.29) is 0 Å². The van der Waals surface area contributed by atoms with Gasteiger partial charge in [-0.15, -0.1) is 0 Å². The minimum Gasteiger partial charge on any atom is -0.399 e. The maximum Gasteiger partial charge on any atom is 0.0346 e. The fourth-order valence-corrected chi connectivity index (χ4v) is 1.10. The Hall–Kier alpha value is -1.57. The molecule has 0 saturated carbocycles. The molecule has 15 heavy (non-hydrogen) atoms. The Labute approximate surface area is 92.1 Å². The molecule has 0 unspecified atom stereocenters. The fourth-order valence-electron chi connectivity index (χ4n) is 1.10. The van der Waals surface area contributed by atoms with Gasteiger partial charge in [-0.1, -0.05) is 33.8 Å². The zero-order valence-corrected chi connectivity index (χ0v) is 9.99. The lowest BCUT2D eigenvalue weighted by Gasteiger charge is -1.96. The summed E-state index contributed by atoms with van der Waals surface area (Å²) >= 11 is 0. The van der Waals surface area contributed by atoms with E-state index in [1.807, 2.05) is 58.2 Å². The van der Waals surface area contributed by atoms with E-state index in [1.165, 1.54) is 0 Å². The number of nitrogen functional groups attached to an aromatic ring is 1. The number of aromatic nitrogens is 1. The Kier molecular flexibility index (Phi) is 6.98. The Morgan fingerprint density at radius 1 is 0.933 bits per heavy atom. The molecule has 0 amide bonds. The molecule has 0 spiro atoms. The zero-order chi connectivity index (χ0) is 11.7. The van der Waals surface area contributed by atoms with Crippen molar-refractivity contribution >= 4 is 16.5 Å². The number of hydrogen-bond donors (Lipinski definition) is 1. The summed E-state index contributed by atoms with van der Waals surface area (Å²) in [5.74, 6) is 0. The summed E-state index contributed by atoms with van der Waals surface area (Å²) in [4.78, 5) is 4.00. The van der Waals surface area contributed by atoms with Gasteiger partial charge in [-0.05, 0) is 23.6 Å². The van der Waals surface area contributed by atoms with Gasteiger partial charge in [0.05, 0.1) is 0 Å². The van der Waals surface area contributed by atoms with Crippen LogP contribution in [0.25, 0.3) is 10.8 Å². The number of nitrogens with zero attached hydrogens (tertiary/aromatic N) is 1. The second-order valence-corrected chi connectivity index (χ2v) is 2.48. The van der Waals surface area contributed by atoms with Crippen LogP contribution in [0, 0.1) is 0 Å². The van der Waals surface area contributed by atoms with E-state index < -0.39 is 0 Å². The highest BCUT2D eigenvalue weighted by Gasteiger charge is 1.90. The minimum absolute atomic E-state index is 0.795. The lowest BCUT2D eigenvalue weighted by Crippen LogP contribution is -1.83. The van der Waals surface area contributed by atoms with Gasteiger partial charge >= 0.3 is 0 Å². The largest absolute Gasteiger partial charge is 0.399 e. The molecule has 2 nitrogen and oxygen atoms in total. The summed E-state index contributed by atoms with van der Waals surface area (Å²) < 4.78 is 0. The number of pyridine rings is 1. The van der Waals surface area contributed by atoms with Crippen molar-refractivity contribution in [3.05, 3.63) is 36.7 Å². The molecule has 0 fully saturated rings. The van der Waals surface area contributed by atoms with Gasteiger partial charge in [-0.3, -0.25) is 4.98 Å². The summed E-state index contributed by atoms with van der Waals surface area (Å²) in [5, 5.41) is 2.27. The van der Waals surface area contributed by atoms with Crippen molar-refractivity contribution < 1.29 is 0 Å². The Balaban J connectivity index is 0.000000442. The molecule has 0 aliphatic rings. The standard InChI is InChI=1S/C9H8N2.2C2H6/c10-9-2-1-8-6-11-4-3-7(8)5-9;2*1-2/h1-6H,10H2;2*1-2H3. The molecule has 0 aliphatic carbocycles. The normalized spacial score (nSPS) is 8.27. The first kappa shape index (κ1) is 13.4. The van der Waals surface area contributed by atoms with E-state index >= 15 is 0 Å². The average Bonchev–Trinajstić information content (AvgIpc) is 2.34. The van der Waals surface area contributed by atoms with Crippen LogP contribution in [-0.4, -0.2) is 4.98 Å². The molecule has 0 bridgehead atoms. The predicted octanol–water partition coefficient (Wildman–Crippen LogP) is 3.87. The lowest BCUT2D eigenvalue weighted by molar-refractivity contribution is 1.36. The Morgan fingerprint density at radius 3 is 2.27 bits per heavy atom.